The number of nitrogens with one attached hydrogen (secondary N) is 1. The zero-order valence-electron chi connectivity index (χ0n) is 22.6. The number of aromatic amines is 1. The third-order valence-corrected chi connectivity index (χ3v) is 6.95. The molecule has 5 rings (SSSR count). The number of aryl methyl sites for hydroxylation is 1. The van der Waals surface area contributed by atoms with E-state index >= 15 is 0 Å². The standard InChI is InChI=1S/C31H29N3O6/c1-5-40-24-12-10-19(14-21(24)16(2)3)27(35)25-26(18-8-6-7-17(4)13-18)34(29(37)28(25)36)31-32-22-11-9-20(30(38)39)15-23(22)33-31/h6-16,26,35H,5H2,1-4H3,(H,32,33)(H,38,39)/b27-25+. The number of amides is 1. The molecule has 0 saturated carbocycles. The first-order valence-corrected chi connectivity index (χ1v) is 13.0. The molecular formula is C31H29N3O6. The smallest absolute Gasteiger partial charge is 0.335 e. The van der Waals surface area contributed by atoms with E-state index in [2.05, 4.69) is 9.97 Å². The summed E-state index contributed by atoms with van der Waals surface area (Å²) in [5, 5.41) is 21.0. The highest BCUT2D eigenvalue weighted by Gasteiger charge is 2.48. The zero-order valence-corrected chi connectivity index (χ0v) is 22.6. The number of aromatic carboxylic acids is 1. The van der Waals surface area contributed by atoms with Gasteiger partial charge in [-0.3, -0.25) is 14.5 Å². The number of Topliss-reactive ketones (excluding diaryl/α,β-unsaturated/α-hetero) is 1. The molecule has 0 spiro atoms. The summed E-state index contributed by atoms with van der Waals surface area (Å²) in [6.07, 6.45) is 0. The van der Waals surface area contributed by atoms with Gasteiger partial charge in [0.25, 0.3) is 5.78 Å². The number of carboxylic acid groups (broad SMARTS) is 1. The van der Waals surface area contributed by atoms with E-state index in [4.69, 9.17) is 4.74 Å². The molecule has 0 radical (unpaired) electrons. The second kappa shape index (κ2) is 10.3. The van der Waals surface area contributed by atoms with Crippen LogP contribution in [0.5, 0.6) is 5.75 Å². The normalized spacial score (nSPS) is 16.7. The van der Waals surface area contributed by atoms with Gasteiger partial charge in [-0.05, 0) is 67.3 Å². The number of carbonyl (C=O) groups excluding carboxylic acids is 2. The van der Waals surface area contributed by atoms with Crippen LogP contribution in [0.15, 0.2) is 66.2 Å². The summed E-state index contributed by atoms with van der Waals surface area (Å²) >= 11 is 0. The number of hydrogen-bond donors (Lipinski definition) is 3. The molecule has 9 heteroatoms. The number of benzene rings is 3. The maximum absolute atomic E-state index is 13.6. The molecule has 9 nitrogen and oxygen atoms in total. The van der Waals surface area contributed by atoms with Gasteiger partial charge in [0.15, 0.2) is 0 Å². The van der Waals surface area contributed by atoms with Gasteiger partial charge in [-0.25, -0.2) is 9.78 Å². The highest BCUT2D eigenvalue weighted by molar-refractivity contribution is 6.51. The Morgan fingerprint density at radius 2 is 1.80 bits per heavy atom. The second-order valence-electron chi connectivity index (χ2n) is 10.0. The van der Waals surface area contributed by atoms with Gasteiger partial charge in [-0.1, -0.05) is 43.7 Å². The Labute approximate surface area is 230 Å². The predicted octanol–water partition coefficient (Wildman–Crippen LogP) is 5.72. The number of rotatable bonds is 7. The van der Waals surface area contributed by atoms with Crippen LogP contribution in [0.2, 0.25) is 0 Å². The van der Waals surface area contributed by atoms with Gasteiger partial charge < -0.3 is 19.9 Å². The van der Waals surface area contributed by atoms with Gasteiger partial charge in [-0.15, -0.1) is 0 Å². The number of carbonyl (C=O) groups is 3. The summed E-state index contributed by atoms with van der Waals surface area (Å²) in [5.74, 6) is -2.28. The zero-order chi connectivity index (χ0) is 28.7. The number of aliphatic hydroxyl groups is 1. The van der Waals surface area contributed by atoms with Crippen molar-refractivity contribution in [2.24, 2.45) is 0 Å². The quantitative estimate of drug-likeness (QED) is 0.155. The van der Waals surface area contributed by atoms with Crippen molar-refractivity contribution in [2.75, 3.05) is 11.5 Å². The first kappa shape index (κ1) is 26.7. The maximum Gasteiger partial charge on any atom is 0.335 e. The minimum absolute atomic E-state index is 0.0523. The topological polar surface area (TPSA) is 133 Å². The van der Waals surface area contributed by atoms with Crippen molar-refractivity contribution < 1.29 is 29.3 Å². The number of fused-ring (bicyclic) bond motifs is 1. The van der Waals surface area contributed by atoms with E-state index in [1.165, 1.54) is 23.1 Å². The van der Waals surface area contributed by atoms with E-state index in [-0.39, 0.29) is 28.8 Å². The van der Waals surface area contributed by atoms with E-state index in [9.17, 15) is 24.6 Å². The SMILES string of the molecule is CCOc1ccc(/C(O)=C2\C(=O)C(=O)N(c3nc4ccc(C(=O)O)cc4[nH]3)C2c2cccc(C)c2)cc1C(C)C. The number of ketones is 1. The first-order valence-electron chi connectivity index (χ1n) is 13.0. The third kappa shape index (κ3) is 4.59. The lowest BCUT2D eigenvalue weighted by molar-refractivity contribution is -0.132. The summed E-state index contributed by atoms with van der Waals surface area (Å²) in [5.41, 5.74) is 3.57. The van der Waals surface area contributed by atoms with Crippen molar-refractivity contribution in [1.29, 1.82) is 0 Å². The van der Waals surface area contributed by atoms with Crippen molar-refractivity contribution in [2.45, 2.75) is 39.7 Å². The number of aliphatic hydroxyl groups excluding tert-OH is 1. The molecule has 0 bridgehead atoms. The molecule has 1 aliphatic heterocycles. The Morgan fingerprint density at radius 1 is 1.05 bits per heavy atom. The van der Waals surface area contributed by atoms with E-state index in [0.717, 1.165) is 11.1 Å². The minimum atomic E-state index is -1.10. The largest absolute Gasteiger partial charge is 0.507 e. The van der Waals surface area contributed by atoms with Crippen LogP contribution in [0.4, 0.5) is 5.95 Å². The maximum atomic E-state index is 13.6. The molecule has 1 saturated heterocycles. The average molecular weight is 540 g/mol. The highest BCUT2D eigenvalue weighted by atomic mass is 16.5. The molecular weight excluding hydrogens is 510 g/mol. The Hall–Kier alpha value is -4.92. The third-order valence-electron chi connectivity index (χ3n) is 6.95. The van der Waals surface area contributed by atoms with Gasteiger partial charge in [0.2, 0.25) is 5.95 Å². The number of imidazole rings is 1. The number of carboxylic acids is 1. The number of anilines is 1. The van der Waals surface area contributed by atoms with Gasteiger partial charge in [0.1, 0.15) is 11.5 Å². The number of hydrogen-bond acceptors (Lipinski definition) is 6. The molecule has 1 unspecified atom stereocenters. The lowest BCUT2D eigenvalue weighted by Gasteiger charge is -2.23. The molecule has 40 heavy (non-hydrogen) atoms. The molecule has 4 aromatic rings. The number of ether oxygens (including phenoxy) is 1. The van der Waals surface area contributed by atoms with Crippen LogP contribution in [-0.2, 0) is 9.59 Å². The molecule has 2 heterocycles. The van der Waals surface area contributed by atoms with Crippen LogP contribution in [0.3, 0.4) is 0 Å². The number of aromatic nitrogens is 2. The monoisotopic (exact) mass is 539 g/mol. The van der Waals surface area contributed by atoms with Crippen molar-refractivity contribution >= 4 is 40.4 Å². The Morgan fingerprint density at radius 3 is 2.48 bits per heavy atom. The first-order chi connectivity index (χ1) is 19.1. The summed E-state index contributed by atoms with van der Waals surface area (Å²) in [7, 11) is 0. The molecule has 1 aliphatic rings. The van der Waals surface area contributed by atoms with E-state index < -0.39 is 23.7 Å². The summed E-state index contributed by atoms with van der Waals surface area (Å²) in [4.78, 5) is 47.3. The van der Waals surface area contributed by atoms with Crippen LogP contribution in [0.25, 0.3) is 16.8 Å². The lowest BCUT2D eigenvalue weighted by atomic mass is 9.92. The predicted molar refractivity (Wildman–Crippen MR) is 151 cm³/mol. The fraction of sp³-hybridized carbons (Fsp3) is 0.226. The van der Waals surface area contributed by atoms with Crippen molar-refractivity contribution in [3.63, 3.8) is 0 Å². The fourth-order valence-electron chi connectivity index (χ4n) is 5.04. The Kier molecular flexibility index (Phi) is 6.89. The van der Waals surface area contributed by atoms with Gasteiger partial charge in [0, 0.05) is 5.56 Å². The van der Waals surface area contributed by atoms with Gasteiger partial charge in [-0.2, -0.15) is 0 Å². The summed E-state index contributed by atoms with van der Waals surface area (Å²) < 4.78 is 5.75. The molecule has 1 fully saturated rings. The highest BCUT2D eigenvalue weighted by Crippen LogP contribution is 2.42. The number of nitrogens with zero attached hydrogens (tertiary/aromatic N) is 2. The van der Waals surface area contributed by atoms with E-state index in [0.29, 0.717) is 34.5 Å². The van der Waals surface area contributed by atoms with Crippen LogP contribution in [-0.4, -0.2) is 44.4 Å². The van der Waals surface area contributed by atoms with Crippen LogP contribution in [0, 0.1) is 6.92 Å². The molecule has 1 aromatic heterocycles. The molecule has 1 atom stereocenters. The van der Waals surface area contributed by atoms with Crippen LogP contribution in [0.1, 0.15) is 65.3 Å². The summed E-state index contributed by atoms with van der Waals surface area (Å²) in [6.45, 7) is 8.28. The Bertz CT molecular complexity index is 1700. The molecule has 204 valence electrons. The van der Waals surface area contributed by atoms with Crippen molar-refractivity contribution in [1.82, 2.24) is 9.97 Å². The van der Waals surface area contributed by atoms with Crippen LogP contribution < -0.4 is 9.64 Å². The van der Waals surface area contributed by atoms with Crippen LogP contribution >= 0.6 is 0 Å². The number of H-pyrrole nitrogens is 1. The Balaban J connectivity index is 1.71. The van der Waals surface area contributed by atoms with Gasteiger partial charge >= 0.3 is 11.9 Å². The molecule has 3 N–H and O–H groups in total. The summed E-state index contributed by atoms with van der Waals surface area (Å²) in [6, 6.07) is 15.9. The van der Waals surface area contributed by atoms with Crippen molar-refractivity contribution in [3.8, 4) is 5.75 Å². The van der Waals surface area contributed by atoms with Crippen molar-refractivity contribution in [3.05, 3.63) is 94.1 Å². The molecule has 1 amide bonds. The second-order valence-corrected chi connectivity index (χ2v) is 10.0. The average Bonchev–Trinajstić information content (AvgIpc) is 3.46. The minimum Gasteiger partial charge on any atom is -0.507 e. The fourth-order valence-corrected chi connectivity index (χ4v) is 5.04. The van der Waals surface area contributed by atoms with E-state index in [1.54, 1.807) is 24.3 Å². The van der Waals surface area contributed by atoms with E-state index in [1.807, 2.05) is 45.9 Å². The lowest BCUT2D eigenvalue weighted by Crippen LogP contribution is -2.30. The molecule has 3 aromatic carbocycles. The van der Waals surface area contributed by atoms with Gasteiger partial charge in [0.05, 0.1) is 34.8 Å². The molecule has 0 aliphatic carbocycles.